The fraction of sp³-hybridized carbons (Fsp3) is 0.600. The van der Waals surface area contributed by atoms with E-state index in [2.05, 4.69) is 10.1 Å². The number of imidazole rings is 1. The van der Waals surface area contributed by atoms with Crippen molar-refractivity contribution >= 4 is 13.2 Å². The van der Waals surface area contributed by atoms with Gasteiger partial charge in [0.15, 0.2) is 0 Å². The van der Waals surface area contributed by atoms with E-state index in [1.54, 1.807) is 4.48 Å². The molecule has 1 aromatic heterocycles. The molecule has 0 saturated carbocycles. The molecule has 1 aromatic rings. The van der Waals surface area contributed by atoms with Gasteiger partial charge in [-0.25, -0.2) is 10.5 Å². The number of amides is 1. The highest BCUT2D eigenvalue weighted by Crippen LogP contribution is 2.36. The van der Waals surface area contributed by atoms with E-state index in [4.69, 9.17) is 14.8 Å². The number of hydrogen-bond acceptors (Lipinski definition) is 5. The van der Waals surface area contributed by atoms with Crippen molar-refractivity contribution in [1.29, 1.82) is 5.53 Å². The fourth-order valence-electron chi connectivity index (χ4n) is 1.55. The van der Waals surface area contributed by atoms with Crippen molar-refractivity contribution < 1.29 is 14.1 Å². The number of nitrogens with zero attached hydrogens (tertiary/aromatic N) is 3. The first kappa shape index (κ1) is 12.9. The van der Waals surface area contributed by atoms with Crippen LogP contribution in [0.1, 0.15) is 38.2 Å². The van der Waals surface area contributed by atoms with Gasteiger partial charge in [0.25, 0.3) is 0 Å². The normalized spacial score (nSPS) is 21.0. The number of nitrogens with one attached hydrogen (secondary N) is 1. The van der Waals surface area contributed by atoms with Crippen LogP contribution in [0, 0.1) is 5.53 Å². The molecule has 0 aromatic carbocycles. The van der Waals surface area contributed by atoms with Crippen LogP contribution in [0.25, 0.3) is 0 Å². The van der Waals surface area contributed by atoms with E-state index in [1.165, 1.54) is 12.5 Å². The Balaban J connectivity index is 2.22. The minimum atomic E-state index is -0.690. The van der Waals surface area contributed by atoms with E-state index >= 15 is 0 Å². The monoisotopic (exact) mass is 250 g/mol. The lowest BCUT2D eigenvalue weighted by molar-refractivity contribution is 0.00578. The zero-order valence-electron chi connectivity index (χ0n) is 10.8. The van der Waals surface area contributed by atoms with Gasteiger partial charge in [0.2, 0.25) is 0 Å². The molecule has 1 aliphatic rings. The molecule has 2 heterocycles. The van der Waals surface area contributed by atoms with Gasteiger partial charge in [-0.2, -0.15) is 0 Å². The topological polar surface area (TPSA) is 89.6 Å². The van der Waals surface area contributed by atoms with Gasteiger partial charge in [-0.1, -0.05) is 0 Å². The summed E-state index contributed by atoms with van der Waals surface area (Å²) in [5.74, 6) is -0.690. The minimum Gasteiger partial charge on any atom is -0.384 e. The lowest BCUT2D eigenvalue weighted by Gasteiger charge is -2.32. The molecular weight excluding hydrogens is 235 g/mol. The quantitative estimate of drug-likeness (QED) is 0.636. The van der Waals surface area contributed by atoms with Crippen LogP contribution in [0.15, 0.2) is 17.6 Å². The SMILES string of the molecule is CC1(C)OB(n2cnc(C(=O)N=N)c2)OC1(C)C. The summed E-state index contributed by atoms with van der Waals surface area (Å²) < 4.78 is 13.1. The van der Waals surface area contributed by atoms with Crippen LogP contribution < -0.4 is 0 Å². The van der Waals surface area contributed by atoms with Crippen molar-refractivity contribution in [3.63, 3.8) is 0 Å². The first-order valence-corrected chi connectivity index (χ1v) is 5.58. The molecule has 0 atom stereocenters. The smallest absolute Gasteiger partial charge is 0.384 e. The second kappa shape index (κ2) is 3.99. The molecule has 1 saturated heterocycles. The molecule has 1 amide bonds. The van der Waals surface area contributed by atoms with Crippen molar-refractivity contribution in [2.75, 3.05) is 0 Å². The number of rotatable bonds is 2. The summed E-state index contributed by atoms with van der Waals surface area (Å²) in [6.45, 7) is 7.76. The zero-order chi connectivity index (χ0) is 13.6. The summed E-state index contributed by atoms with van der Waals surface area (Å²) in [5.41, 5.74) is 5.85. The second-order valence-electron chi connectivity index (χ2n) is 5.19. The predicted molar refractivity (Wildman–Crippen MR) is 63.2 cm³/mol. The Morgan fingerprint density at radius 1 is 1.39 bits per heavy atom. The molecule has 0 spiro atoms. The highest BCUT2D eigenvalue weighted by Gasteiger charge is 2.52. The molecule has 18 heavy (non-hydrogen) atoms. The van der Waals surface area contributed by atoms with Gasteiger partial charge in [0.05, 0.1) is 17.5 Å². The van der Waals surface area contributed by atoms with Crippen molar-refractivity contribution in [1.82, 2.24) is 9.46 Å². The Bertz CT molecular complexity index is 481. The predicted octanol–water partition coefficient (Wildman–Crippen LogP) is 1.49. The number of aromatic nitrogens is 2. The van der Waals surface area contributed by atoms with Gasteiger partial charge < -0.3 is 13.8 Å². The number of carbonyl (C=O) groups is 1. The molecule has 0 aliphatic carbocycles. The molecule has 7 nitrogen and oxygen atoms in total. The maximum atomic E-state index is 11.2. The van der Waals surface area contributed by atoms with Crippen LogP contribution >= 0.6 is 0 Å². The number of hydrogen-bond donors (Lipinski definition) is 1. The van der Waals surface area contributed by atoms with Crippen LogP contribution in [-0.4, -0.2) is 33.8 Å². The summed E-state index contributed by atoms with van der Waals surface area (Å²) >= 11 is 0. The van der Waals surface area contributed by atoms with E-state index in [9.17, 15) is 4.79 Å². The maximum absolute atomic E-state index is 11.2. The molecule has 8 heteroatoms. The van der Waals surface area contributed by atoms with E-state index in [0.717, 1.165) is 0 Å². The molecule has 96 valence electrons. The van der Waals surface area contributed by atoms with E-state index in [-0.39, 0.29) is 5.69 Å². The van der Waals surface area contributed by atoms with Gasteiger partial charge in [0.1, 0.15) is 5.69 Å². The first-order chi connectivity index (χ1) is 8.27. The average molecular weight is 250 g/mol. The van der Waals surface area contributed by atoms with Crippen LogP contribution in [0.4, 0.5) is 0 Å². The molecule has 2 rings (SSSR count). The largest absolute Gasteiger partial charge is 0.599 e. The molecule has 1 fully saturated rings. The Labute approximate surface area is 105 Å². The molecule has 1 N–H and O–H groups in total. The van der Waals surface area contributed by atoms with Crippen LogP contribution in [0.5, 0.6) is 0 Å². The third-order valence-corrected chi connectivity index (χ3v) is 3.41. The summed E-state index contributed by atoms with van der Waals surface area (Å²) in [4.78, 5) is 15.1. The Morgan fingerprint density at radius 2 is 1.94 bits per heavy atom. The molecule has 0 unspecified atom stereocenters. The summed E-state index contributed by atoms with van der Waals surface area (Å²) in [6.07, 6.45) is 2.89. The van der Waals surface area contributed by atoms with Crippen LogP contribution in [0.3, 0.4) is 0 Å². The lowest BCUT2D eigenvalue weighted by Crippen LogP contribution is -2.41. The summed E-state index contributed by atoms with van der Waals surface area (Å²) in [5, 5.41) is 2.81. The van der Waals surface area contributed by atoms with Gasteiger partial charge in [-0.15, -0.1) is 5.11 Å². The minimum absolute atomic E-state index is 0.0970. The Morgan fingerprint density at radius 3 is 2.44 bits per heavy atom. The third kappa shape index (κ3) is 1.97. The van der Waals surface area contributed by atoms with Crippen molar-refractivity contribution in [3.05, 3.63) is 18.2 Å². The van der Waals surface area contributed by atoms with E-state index in [1.807, 2.05) is 27.7 Å². The first-order valence-electron chi connectivity index (χ1n) is 5.58. The van der Waals surface area contributed by atoms with Crippen LogP contribution in [0.2, 0.25) is 0 Å². The Kier molecular flexibility index (Phi) is 2.86. The zero-order valence-corrected chi connectivity index (χ0v) is 10.8. The molecular formula is C10H15BN4O3. The van der Waals surface area contributed by atoms with Crippen molar-refractivity contribution in [2.24, 2.45) is 5.11 Å². The van der Waals surface area contributed by atoms with E-state index in [0.29, 0.717) is 0 Å². The highest BCUT2D eigenvalue weighted by molar-refractivity contribution is 6.43. The summed E-state index contributed by atoms with van der Waals surface area (Å²) in [7, 11) is -0.630. The second-order valence-corrected chi connectivity index (χ2v) is 5.19. The van der Waals surface area contributed by atoms with Gasteiger partial charge in [0, 0.05) is 6.20 Å². The van der Waals surface area contributed by atoms with Gasteiger partial charge in [-0.05, 0) is 27.7 Å². The van der Waals surface area contributed by atoms with Crippen LogP contribution in [-0.2, 0) is 9.31 Å². The molecule has 0 radical (unpaired) electrons. The lowest BCUT2D eigenvalue weighted by atomic mass is 9.90. The standard InChI is InChI=1S/C10H15BN4O3/c1-9(2)10(3,4)18-11(17-9)15-5-7(13-6-15)8(16)14-12/h5-6,12H,1-4H3. The Hall–Kier alpha value is -1.54. The van der Waals surface area contributed by atoms with E-state index < -0.39 is 24.4 Å². The fourth-order valence-corrected chi connectivity index (χ4v) is 1.55. The highest BCUT2D eigenvalue weighted by atomic mass is 16.7. The van der Waals surface area contributed by atoms with Gasteiger partial charge in [-0.3, -0.25) is 4.79 Å². The molecule has 1 aliphatic heterocycles. The van der Waals surface area contributed by atoms with Gasteiger partial charge >= 0.3 is 13.2 Å². The average Bonchev–Trinajstić information content (AvgIpc) is 2.82. The third-order valence-electron chi connectivity index (χ3n) is 3.41. The van der Waals surface area contributed by atoms with Crippen molar-refractivity contribution in [2.45, 2.75) is 38.9 Å². The molecule has 0 bridgehead atoms. The van der Waals surface area contributed by atoms with Crippen molar-refractivity contribution in [3.8, 4) is 0 Å². The maximum Gasteiger partial charge on any atom is 0.599 e. The number of carbonyl (C=O) groups excluding carboxylic acids is 1. The summed E-state index contributed by atoms with van der Waals surface area (Å²) in [6, 6.07) is 0.